The maximum absolute atomic E-state index is 10.0. The second-order valence-corrected chi connectivity index (χ2v) is 2.39. The highest BCUT2D eigenvalue weighted by atomic mass is 32.2. The number of carbonyl (C=O) groups excluding carboxylic acids is 1. The molecule has 1 atom stereocenters. The Hall–Kier alpha value is -0.500. The molecule has 9 heavy (non-hydrogen) atoms. The summed E-state index contributed by atoms with van der Waals surface area (Å²) < 4.78 is 4.56. The molecule has 52 valence electrons. The molecule has 1 heterocycles. The van der Waals surface area contributed by atoms with E-state index in [9.17, 15) is 4.79 Å². The lowest BCUT2D eigenvalue weighted by molar-refractivity contribution is 0.217. The molecule has 0 spiro atoms. The van der Waals surface area contributed by atoms with Crippen molar-refractivity contribution in [2.75, 3.05) is 0 Å². The molecule has 0 aromatic rings. The first-order chi connectivity index (χ1) is 4.12. The molecule has 0 aliphatic carbocycles. The Morgan fingerprint density at radius 1 is 1.78 bits per heavy atom. The van der Waals surface area contributed by atoms with Crippen LogP contribution in [0, 0.1) is 0 Å². The Kier molecular flexibility index (Phi) is 1.49. The van der Waals surface area contributed by atoms with Gasteiger partial charge in [0.15, 0.2) is 0 Å². The highest BCUT2D eigenvalue weighted by molar-refractivity contribution is 8.01. The van der Waals surface area contributed by atoms with E-state index >= 15 is 0 Å². The molecule has 6 N–H and O–H groups in total. The summed E-state index contributed by atoms with van der Waals surface area (Å²) in [5.41, 5.74) is 14.3. The third kappa shape index (κ3) is 2.06. The van der Waals surface area contributed by atoms with Gasteiger partial charge >= 0.3 is 6.03 Å². The summed E-state index contributed by atoms with van der Waals surface area (Å²) in [7, 11) is 0. The summed E-state index contributed by atoms with van der Waals surface area (Å²) in [4.78, 5) is 10.0. The zero-order valence-corrected chi connectivity index (χ0v) is 5.20. The van der Waals surface area contributed by atoms with Crippen molar-refractivity contribution in [2.45, 2.75) is 5.18 Å². The Balaban J connectivity index is 2.12. The molecule has 1 saturated heterocycles. The number of carbonyl (C=O) groups is 1. The van der Waals surface area contributed by atoms with E-state index in [4.69, 9.17) is 11.5 Å². The monoisotopic (exact) mass is 150 g/mol. The van der Waals surface area contributed by atoms with Crippen molar-refractivity contribution < 1.29 is 8.98 Å². The second-order valence-electron chi connectivity index (χ2n) is 1.45. The highest BCUT2D eigenvalue weighted by Crippen LogP contribution is 2.38. The minimum Gasteiger partial charge on any atom is -0.351 e. The van der Waals surface area contributed by atoms with Crippen LogP contribution in [0.25, 0.3) is 0 Å². The van der Waals surface area contributed by atoms with Crippen molar-refractivity contribution in [1.29, 1.82) is 0 Å². The quantitative estimate of drug-likeness (QED) is 0.164. The van der Waals surface area contributed by atoms with Gasteiger partial charge in [-0.3, -0.25) is 15.3 Å². The van der Waals surface area contributed by atoms with Crippen molar-refractivity contribution in [3.63, 3.8) is 0 Å². The predicted octanol–water partition coefficient (Wildman–Crippen LogP) is -1.59. The van der Waals surface area contributed by atoms with Crippen LogP contribution in [0.3, 0.4) is 0 Å². The molecule has 0 aromatic heterocycles. The Bertz CT molecular complexity index is 135. The normalized spacial score (nSPS) is 31.7. The number of rotatable bonds is 2. The fourth-order valence-corrected chi connectivity index (χ4v) is 0.459. The molecule has 6 nitrogen and oxygen atoms in total. The van der Waals surface area contributed by atoms with E-state index < -0.39 is 11.2 Å². The standard InChI is InChI=1S/C2H6N4O2S/c3-1(7)5-6-2(4)8-9-2/h6H,4H2,(H3,3,5,7). The number of primary amides is 1. The minimum absolute atomic E-state index is 0.698. The topological polar surface area (TPSA) is 106 Å². The van der Waals surface area contributed by atoms with Crippen LogP contribution in [-0.2, 0) is 4.18 Å². The first-order valence-corrected chi connectivity index (χ1v) is 2.85. The molecule has 2 amide bonds. The Labute approximate surface area is 55.5 Å². The smallest absolute Gasteiger partial charge is 0.326 e. The Morgan fingerprint density at radius 2 is 2.33 bits per heavy atom. The lowest BCUT2D eigenvalue weighted by atomic mass is 11.0. The molecule has 1 aliphatic rings. The number of hydrazine groups is 1. The number of nitrogens with one attached hydrogen (secondary N) is 2. The van der Waals surface area contributed by atoms with Crippen molar-refractivity contribution in [3.8, 4) is 0 Å². The van der Waals surface area contributed by atoms with E-state index in [0.717, 1.165) is 12.0 Å². The van der Waals surface area contributed by atoms with Gasteiger partial charge in [-0.05, 0) is 0 Å². The molecule has 0 bridgehead atoms. The third-order valence-corrected chi connectivity index (χ3v) is 1.25. The van der Waals surface area contributed by atoms with E-state index in [0.29, 0.717) is 0 Å². The van der Waals surface area contributed by atoms with E-state index in [1.807, 2.05) is 0 Å². The van der Waals surface area contributed by atoms with Gasteiger partial charge in [0.25, 0.3) is 5.18 Å². The van der Waals surface area contributed by atoms with Crippen LogP contribution in [0.2, 0.25) is 0 Å². The molecule has 1 aliphatic heterocycles. The Morgan fingerprint density at radius 3 is 2.67 bits per heavy atom. The molecule has 7 heteroatoms. The number of amides is 2. The fraction of sp³-hybridized carbons (Fsp3) is 0.500. The largest absolute Gasteiger partial charge is 0.351 e. The van der Waals surface area contributed by atoms with Gasteiger partial charge in [0.1, 0.15) is 0 Å². The summed E-state index contributed by atoms with van der Waals surface area (Å²) in [6.45, 7) is 0. The highest BCUT2D eigenvalue weighted by Gasteiger charge is 2.43. The van der Waals surface area contributed by atoms with E-state index in [1.54, 1.807) is 0 Å². The molecule has 1 unspecified atom stereocenters. The summed E-state index contributed by atoms with van der Waals surface area (Å²) in [5, 5.41) is -0.963. The molecule has 0 aromatic carbocycles. The van der Waals surface area contributed by atoms with Gasteiger partial charge in [-0.15, -0.1) is 0 Å². The maximum atomic E-state index is 10.0. The van der Waals surface area contributed by atoms with Gasteiger partial charge in [0.05, 0.1) is 12.0 Å². The lowest BCUT2D eigenvalue weighted by Crippen LogP contribution is -2.52. The average Bonchev–Trinajstić information content (AvgIpc) is 2.45. The first kappa shape index (κ1) is 6.62. The molecule has 1 fully saturated rings. The second kappa shape index (κ2) is 2.03. The van der Waals surface area contributed by atoms with Gasteiger partial charge in [-0.1, -0.05) is 0 Å². The summed E-state index contributed by atoms with van der Waals surface area (Å²) in [6.07, 6.45) is 0. The zero-order chi connectivity index (χ0) is 6.91. The van der Waals surface area contributed by atoms with Gasteiger partial charge in [-0.25, -0.2) is 4.79 Å². The molecule has 0 radical (unpaired) electrons. The first-order valence-electron chi connectivity index (χ1n) is 2.11. The van der Waals surface area contributed by atoms with Crippen LogP contribution in [0.1, 0.15) is 0 Å². The third-order valence-electron chi connectivity index (χ3n) is 0.623. The molecular formula is C2H6N4O2S. The zero-order valence-electron chi connectivity index (χ0n) is 4.38. The van der Waals surface area contributed by atoms with Crippen molar-refractivity contribution in [1.82, 2.24) is 10.9 Å². The molecular weight excluding hydrogens is 144 g/mol. The number of hydrogen-bond donors (Lipinski definition) is 4. The van der Waals surface area contributed by atoms with Gasteiger partial charge in [0, 0.05) is 0 Å². The van der Waals surface area contributed by atoms with Crippen LogP contribution < -0.4 is 22.3 Å². The van der Waals surface area contributed by atoms with E-state index in [2.05, 4.69) is 15.0 Å². The van der Waals surface area contributed by atoms with E-state index in [1.165, 1.54) is 0 Å². The van der Waals surface area contributed by atoms with Gasteiger partial charge in [-0.2, -0.15) is 5.43 Å². The summed E-state index contributed by atoms with van der Waals surface area (Å²) in [6, 6.07) is -0.698. The number of nitrogens with two attached hydrogens (primary N) is 2. The van der Waals surface area contributed by atoms with Crippen molar-refractivity contribution in [3.05, 3.63) is 0 Å². The average molecular weight is 150 g/mol. The minimum atomic E-state index is -0.963. The lowest BCUT2D eigenvalue weighted by Gasteiger charge is -2.03. The number of urea groups is 1. The van der Waals surface area contributed by atoms with Gasteiger partial charge < -0.3 is 5.73 Å². The van der Waals surface area contributed by atoms with Crippen LogP contribution in [0.15, 0.2) is 0 Å². The summed E-state index contributed by atoms with van der Waals surface area (Å²) in [5.74, 6) is 0. The van der Waals surface area contributed by atoms with E-state index in [-0.39, 0.29) is 0 Å². The number of hydrogen-bond acceptors (Lipinski definition) is 5. The summed E-state index contributed by atoms with van der Waals surface area (Å²) >= 11 is 1.01. The SMILES string of the molecule is NC(=O)NNC1(N)OS1. The van der Waals surface area contributed by atoms with Gasteiger partial charge in [0.2, 0.25) is 0 Å². The van der Waals surface area contributed by atoms with Crippen molar-refractivity contribution in [2.24, 2.45) is 11.5 Å². The molecule has 1 rings (SSSR count). The van der Waals surface area contributed by atoms with Crippen LogP contribution in [0.4, 0.5) is 4.79 Å². The fourth-order valence-electron chi connectivity index (χ4n) is 0.235. The predicted molar refractivity (Wildman–Crippen MR) is 31.4 cm³/mol. The van der Waals surface area contributed by atoms with Crippen LogP contribution in [-0.4, -0.2) is 11.2 Å². The molecule has 0 saturated carbocycles. The van der Waals surface area contributed by atoms with Crippen LogP contribution in [0.5, 0.6) is 0 Å². The maximum Gasteiger partial charge on any atom is 0.326 e. The van der Waals surface area contributed by atoms with Crippen molar-refractivity contribution >= 4 is 18.1 Å². The van der Waals surface area contributed by atoms with Crippen LogP contribution >= 0.6 is 12.0 Å².